The number of nitrogens with one attached hydrogen (secondary N) is 1. The van der Waals surface area contributed by atoms with Crippen LogP contribution in [-0.4, -0.2) is 61.5 Å². The SMILES string of the molecule is CC(C)NCC1(CN(C)C(C)(C)CO)CCOCC1. The molecule has 1 heterocycles. The highest BCUT2D eigenvalue weighted by molar-refractivity contribution is 4.90. The van der Waals surface area contributed by atoms with Crippen LogP contribution < -0.4 is 5.32 Å². The molecule has 0 aliphatic carbocycles. The molecule has 1 aliphatic heterocycles. The number of hydrogen-bond donors (Lipinski definition) is 2. The summed E-state index contributed by atoms with van der Waals surface area (Å²) in [7, 11) is 2.11. The van der Waals surface area contributed by atoms with Crippen LogP contribution in [0.5, 0.6) is 0 Å². The third kappa shape index (κ3) is 5.03. The summed E-state index contributed by atoms with van der Waals surface area (Å²) in [5.41, 5.74) is 0.104. The van der Waals surface area contributed by atoms with Crippen LogP contribution in [-0.2, 0) is 4.74 Å². The lowest BCUT2D eigenvalue weighted by Crippen LogP contribution is -2.53. The maximum Gasteiger partial charge on any atom is 0.0609 e. The van der Waals surface area contributed by atoms with Gasteiger partial charge in [-0.2, -0.15) is 0 Å². The Morgan fingerprint density at radius 2 is 1.89 bits per heavy atom. The van der Waals surface area contributed by atoms with E-state index in [1.807, 2.05) is 0 Å². The summed E-state index contributed by atoms with van der Waals surface area (Å²) >= 11 is 0. The average molecular weight is 272 g/mol. The van der Waals surface area contributed by atoms with Gasteiger partial charge in [0.1, 0.15) is 0 Å². The third-order valence-corrected chi connectivity index (χ3v) is 4.43. The number of likely N-dealkylation sites (N-methyl/N-ethyl adjacent to an activating group) is 1. The fourth-order valence-electron chi connectivity index (χ4n) is 2.45. The summed E-state index contributed by atoms with van der Waals surface area (Å²) in [5, 5.41) is 13.1. The highest BCUT2D eigenvalue weighted by Gasteiger charge is 2.36. The second-order valence-electron chi connectivity index (χ2n) is 6.97. The van der Waals surface area contributed by atoms with E-state index < -0.39 is 0 Å². The fraction of sp³-hybridized carbons (Fsp3) is 1.00. The second kappa shape index (κ2) is 7.02. The van der Waals surface area contributed by atoms with Gasteiger partial charge in [0, 0.05) is 37.9 Å². The van der Waals surface area contributed by atoms with Gasteiger partial charge in [0.25, 0.3) is 0 Å². The molecule has 19 heavy (non-hydrogen) atoms. The van der Waals surface area contributed by atoms with E-state index in [0.29, 0.717) is 6.04 Å². The van der Waals surface area contributed by atoms with Gasteiger partial charge in [0.15, 0.2) is 0 Å². The van der Waals surface area contributed by atoms with Gasteiger partial charge in [0.05, 0.1) is 6.61 Å². The van der Waals surface area contributed by atoms with E-state index in [0.717, 1.165) is 39.1 Å². The van der Waals surface area contributed by atoms with E-state index in [4.69, 9.17) is 4.74 Å². The number of ether oxygens (including phenoxy) is 1. The van der Waals surface area contributed by atoms with Gasteiger partial charge in [-0.05, 0) is 39.2 Å². The lowest BCUT2D eigenvalue weighted by molar-refractivity contribution is -0.0260. The molecule has 1 aliphatic rings. The normalized spacial score (nSPS) is 20.2. The van der Waals surface area contributed by atoms with Crippen LogP contribution in [0.15, 0.2) is 0 Å². The molecule has 0 bridgehead atoms. The minimum atomic E-state index is -0.164. The summed E-state index contributed by atoms with van der Waals surface area (Å²) < 4.78 is 5.53. The summed E-state index contributed by atoms with van der Waals surface area (Å²) in [4.78, 5) is 2.29. The number of rotatable bonds is 7. The van der Waals surface area contributed by atoms with Crippen LogP contribution >= 0.6 is 0 Å². The zero-order chi connectivity index (χ0) is 14.5. The molecule has 4 nitrogen and oxygen atoms in total. The molecule has 0 spiro atoms. The van der Waals surface area contributed by atoms with Gasteiger partial charge in [-0.3, -0.25) is 4.90 Å². The summed E-state index contributed by atoms with van der Waals surface area (Å²) in [5.74, 6) is 0. The lowest BCUT2D eigenvalue weighted by atomic mass is 9.78. The van der Waals surface area contributed by atoms with Crippen LogP contribution in [0.4, 0.5) is 0 Å². The molecule has 2 N–H and O–H groups in total. The van der Waals surface area contributed by atoms with Crippen molar-refractivity contribution in [3.8, 4) is 0 Å². The number of aliphatic hydroxyl groups is 1. The minimum Gasteiger partial charge on any atom is -0.394 e. The Morgan fingerprint density at radius 1 is 1.32 bits per heavy atom. The summed E-state index contributed by atoms with van der Waals surface area (Å²) in [6.45, 7) is 12.5. The van der Waals surface area contributed by atoms with Crippen molar-refractivity contribution < 1.29 is 9.84 Å². The monoisotopic (exact) mass is 272 g/mol. The van der Waals surface area contributed by atoms with Crippen molar-refractivity contribution in [2.75, 3.05) is 40.0 Å². The molecule has 1 fully saturated rings. The highest BCUT2D eigenvalue weighted by atomic mass is 16.5. The van der Waals surface area contributed by atoms with Crippen molar-refractivity contribution in [2.45, 2.75) is 52.1 Å². The topological polar surface area (TPSA) is 44.7 Å². The molecule has 0 saturated carbocycles. The first-order chi connectivity index (χ1) is 8.81. The van der Waals surface area contributed by atoms with Gasteiger partial charge in [-0.25, -0.2) is 0 Å². The molecule has 0 aromatic carbocycles. The first kappa shape index (κ1) is 16.9. The predicted octanol–water partition coefficient (Wildman–Crippen LogP) is 1.48. The Morgan fingerprint density at radius 3 is 2.37 bits per heavy atom. The second-order valence-corrected chi connectivity index (χ2v) is 6.97. The molecule has 1 rings (SSSR count). The van der Waals surface area contributed by atoms with Crippen LogP contribution in [0.3, 0.4) is 0 Å². The van der Waals surface area contributed by atoms with Crippen molar-refractivity contribution in [1.29, 1.82) is 0 Å². The Labute approximate surface area is 118 Å². The molecule has 0 aromatic heterocycles. The molecule has 114 valence electrons. The standard InChI is InChI=1S/C15H32N2O2/c1-13(2)16-10-15(6-8-19-9-7-15)11-17(5)14(3,4)12-18/h13,16,18H,6-12H2,1-5H3. The highest BCUT2D eigenvalue weighted by Crippen LogP contribution is 2.32. The Kier molecular flexibility index (Phi) is 6.24. The van der Waals surface area contributed by atoms with E-state index >= 15 is 0 Å². The smallest absolute Gasteiger partial charge is 0.0609 e. The number of nitrogens with zero attached hydrogens (tertiary/aromatic N) is 1. The average Bonchev–Trinajstić information content (AvgIpc) is 2.37. The number of aliphatic hydroxyl groups excluding tert-OH is 1. The zero-order valence-electron chi connectivity index (χ0n) is 13.3. The molecule has 0 amide bonds. The summed E-state index contributed by atoms with van der Waals surface area (Å²) in [6, 6.07) is 0.510. The van der Waals surface area contributed by atoms with Crippen molar-refractivity contribution in [3.63, 3.8) is 0 Å². The van der Waals surface area contributed by atoms with Crippen molar-refractivity contribution in [1.82, 2.24) is 10.2 Å². The van der Waals surface area contributed by atoms with Crippen LogP contribution in [0.25, 0.3) is 0 Å². The largest absolute Gasteiger partial charge is 0.394 e. The fourth-order valence-corrected chi connectivity index (χ4v) is 2.45. The Bertz CT molecular complexity index is 261. The van der Waals surface area contributed by atoms with Gasteiger partial charge >= 0.3 is 0 Å². The van der Waals surface area contributed by atoms with E-state index in [1.165, 1.54) is 0 Å². The molecular formula is C15H32N2O2. The first-order valence-electron chi connectivity index (χ1n) is 7.45. The van der Waals surface area contributed by atoms with E-state index in [2.05, 4.69) is 45.0 Å². The van der Waals surface area contributed by atoms with E-state index in [-0.39, 0.29) is 17.6 Å². The van der Waals surface area contributed by atoms with E-state index in [1.54, 1.807) is 0 Å². The van der Waals surface area contributed by atoms with Crippen LogP contribution in [0.2, 0.25) is 0 Å². The predicted molar refractivity (Wildman–Crippen MR) is 79.4 cm³/mol. The van der Waals surface area contributed by atoms with Gasteiger partial charge in [-0.15, -0.1) is 0 Å². The van der Waals surface area contributed by atoms with Crippen molar-refractivity contribution in [2.24, 2.45) is 5.41 Å². The maximum atomic E-state index is 9.51. The Hall–Kier alpha value is -0.160. The van der Waals surface area contributed by atoms with Gasteiger partial charge in [-0.1, -0.05) is 13.8 Å². The van der Waals surface area contributed by atoms with Crippen molar-refractivity contribution in [3.05, 3.63) is 0 Å². The third-order valence-electron chi connectivity index (χ3n) is 4.43. The molecule has 1 saturated heterocycles. The van der Waals surface area contributed by atoms with Gasteiger partial charge < -0.3 is 15.2 Å². The molecule has 4 heteroatoms. The van der Waals surface area contributed by atoms with Crippen molar-refractivity contribution >= 4 is 0 Å². The first-order valence-corrected chi connectivity index (χ1v) is 7.45. The van der Waals surface area contributed by atoms with Crippen LogP contribution in [0.1, 0.15) is 40.5 Å². The maximum absolute atomic E-state index is 9.51. The quantitative estimate of drug-likeness (QED) is 0.737. The number of hydrogen-bond acceptors (Lipinski definition) is 4. The Balaban J connectivity index is 2.68. The molecular weight excluding hydrogens is 240 g/mol. The zero-order valence-corrected chi connectivity index (χ0v) is 13.3. The molecule has 0 unspecified atom stereocenters. The van der Waals surface area contributed by atoms with E-state index in [9.17, 15) is 5.11 Å². The lowest BCUT2D eigenvalue weighted by Gasteiger charge is -2.45. The molecule has 0 aromatic rings. The molecule has 0 atom stereocenters. The minimum absolute atomic E-state index is 0.164. The van der Waals surface area contributed by atoms with Gasteiger partial charge in [0.2, 0.25) is 0 Å². The van der Waals surface area contributed by atoms with Crippen LogP contribution in [0, 0.1) is 5.41 Å². The molecule has 0 radical (unpaired) electrons. The summed E-state index contributed by atoms with van der Waals surface area (Å²) in [6.07, 6.45) is 2.19.